The molecule has 0 bridgehead atoms. The van der Waals surface area contributed by atoms with Crippen molar-refractivity contribution in [2.75, 3.05) is 25.6 Å². The van der Waals surface area contributed by atoms with Crippen LogP contribution in [0, 0.1) is 0 Å². The number of methoxy groups -OCH3 is 1. The summed E-state index contributed by atoms with van der Waals surface area (Å²) in [5.74, 6) is 1.09. The lowest BCUT2D eigenvalue weighted by Gasteiger charge is -2.06. The molecule has 0 unspecified atom stereocenters. The molecule has 0 atom stereocenters. The minimum absolute atomic E-state index is 0.113. The first-order valence-electron chi connectivity index (χ1n) is 8.02. The van der Waals surface area contributed by atoms with Crippen LogP contribution in [0.3, 0.4) is 0 Å². The Morgan fingerprint density at radius 2 is 1.87 bits per heavy atom. The molecule has 0 amide bonds. The van der Waals surface area contributed by atoms with Crippen molar-refractivity contribution in [3.05, 3.63) is 24.3 Å². The smallest absolute Gasteiger partial charge is 0.305 e. The molecular formula is C17H27N3O3. The molecule has 0 spiro atoms. The Morgan fingerprint density at radius 1 is 1.17 bits per heavy atom. The Balaban J connectivity index is 2.13. The second-order valence-corrected chi connectivity index (χ2v) is 5.09. The topological polar surface area (TPSA) is 85.9 Å². The highest BCUT2D eigenvalue weighted by atomic mass is 16.5. The lowest BCUT2D eigenvalue weighted by molar-refractivity contribution is -0.143. The van der Waals surface area contributed by atoms with Crippen LogP contribution in [0.4, 0.5) is 5.69 Å². The number of rotatable bonds is 10. The van der Waals surface area contributed by atoms with Crippen LogP contribution in [0.15, 0.2) is 29.3 Å². The number of anilines is 1. The van der Waals surface area contributed by atoms with E-state index in [1.54, 1.807) is 7.11 Å². The van der Waals surface area contributed by atoms with Crippen molar-refractivity contribution in [1.82, 2.24) is 0 Å². The van der Waals surface area contributed by atoms with Gasteiger partial charge in [0.1, 0.15) is 5.75 Å². The predicted octanol–water partition coefficient (Wildman–Crippen LogP) is 2.94. The molecule has 0 aliphatic heterocycles. The predicted molar refractivity (Wildman–Crippen MR) is 92.8 cm³/mol. The summed E-state index contributed by atoms with van der Waals surface area (Å²) in [5.41, 5.74) is 6.71. The Bertz CT molecular complexity index is 486. The van der Waals surface area contributed by atoms with Gasteiger partial charge in [0.25, 0.3) is 0 Å². The lowest BCUT2D eigenvalue weighted by Crippen LogP contribution is -2.22. The third kappa shape index (κ3) is 8.70. The highest BCUT2D eigenvalue weighted by Gasteiger charge is 2.00. The number of unbranched alkanes of at least 4 members (excludes halogenated alkanes) is 3. The fourth-order valence-electron chi connectivity index (χ4n) is 2.03. The van der Waals surface area contributed by atoms with E-state index < -0.39 is 0 Å². The number of hydrogen-bond acceptors (Lipinski definition) is 4. The number of hydrogen-bond donors (Lipinski definition) is 2. The van der Waals surface area contributed by atoms with Gasteiger partial charge in [0, 0.05) is 18.7 Å². The van der Waals surface area contributed by atoms with Gasteiger partial charge in [-0.15, -0.1) is 0 Å². The molecule has 0 aliphatic rings. The van der Waals surface area contributed by atoms with Crippen LogP contribution in [0.1, 0.15) is 39.0 Å². The van der Waals surface area contributed by atoms with E-state index in [2.05, 4.69) is 10.3 Å². The molecule has 23 heavy (non-hydrogen) atoms. The van der Waals surface area contributed by atoms with Gasteiger partial charge >= 0.3 is 5.97 Å². The number of aliphatic imine (C=N–C) groups is 1. The van der Waals surface area contributed by atoms with Gasteiger partial charge in [-0.3, -0.25) is 9.79 Å². The standard InChI is InChI=1S/C17H27N3O3/c1-3-23-16(21)8-6-4-5-7-13-19-17(18)20-14-9-11-15(22-2)12-10-14/h9-12H,3-8,13H2,1-2H3,(H3,18,19,20). The number of nitrogens with two attached hydrogens (primary N) is 1. The van der Waals surface area contributed by atoms with Crippen LogP contribution in [0.5, 0.6) is 5.75 Å². The summed E-state index contributed by atoms with van der Waals surface area (Å²) < 4.78 is 9.97. The highest BCUT2D eigenvalue weighted by molar-refractivity contribution is 5.92. The molecule has 0 radical (unpaired) electrons. The quantitative estimate of drug-likeness (QED) is 0.299. The number of benzene rings is 1. The Kier molecular flexibility index (Phi) is 9.28. The molecule has 0 aromatic heterocycles. The van der Waals surface area contributed by atoms with E-state index in [1.165, 1.54) is 0 Å². The molecule has 6 heteroatoms. The van der Waals surface area contributed by atoms with E-state index >= 15 is 0 Å². The third-order valence-electron chi connectivity index (χ3n) is 3.24. The van der Waals surface area contributed by atoms with Gasteiger partial charge in [-0.1, -0.05) is 12.8 Å². The van der Waals surface area contributed by atoms with Gasteiger partial charge in [0.2, 0.25) is 0 Å². The molecule has 0 saturated heterocycles. The Hall–Kier alpha value is -2.24. The van der Waals surface area contributed by atoms with Gasteiger partial charge in [-0.25, -0.2) is 0 Å². The number of esters is 1. The minimum atomic E-state index is -0.113. The van der Waals surface area contributed by atoms with Crippen LogP contribution in [-0.2, 0) is 9.53 Å². The van der Waals surface area contributed by atoms with Crippen molar-refractivity contribution in [3.63, 3.8) is 0 Å². The number of ether oxygens (including phenoxy) is 2. The normalized spacial score (nSPS) is 11.1. The van der Waals surface area contributed by atoms with Gasteiger partial charge < -0.3 is 20.5 Å². The first kappa shape index (κ1) is 18.8. The molecule has 6 nitrogen and oxygen atoms in total. The summed E-state index contributed by atoms with van der Waals surface area (Å²) in [5, 5.41) is 3.04. The maximum Gasteiger partial charge on any atom is 0.305 e. The Labute approximate surface area is 138 Å². The second-order valence-electron chi connectivity index (χ2n) is 5.09. The van der Waals surface area contributed by atoms with Crippen molar-refractivity contribution < 1.29 is 14.3 Å². The molecule has 128 valence electrons. The zero-order valence-electron chi connectivity index (χ0n) is 14.0. The number of carbonyl (C=O) groups is 1. The van der Waals surface area contributed by atoms with E-state index in [9.17, 15) is 4.79 Å². The monoisotopic (exact) mass is 321 g/mol. The first-order chi connectivity index (χ1) is 11.2. The van der Waals surface area contributed by atoms with Crippen LogP contribution < -0.4 is 15.8 Å². The summed E-state index contributed by atoms with van der Waals surface area (Å²) in [7, 11) is 1.63. The summed E-state index contributed by atoms with van der Waals surface area (Å²) in [6.07, 6.45) is 4.34. The molecule has 1 aromatic carbocycles. The number of nitrogens with zero attached hydrogens (tertiary/aromatic N) is 1. The maximum atomic E-state index is 11.2. The first-order valence-corrected chi connectivity index (χ1v) is 8.02. The zero-order valence-corrected chi connectivity index (χ0v) is 14.0. The van der Waals surface area contributed by atoms with Crippen molar-refractivity contribution in [3.8, 4) is 5.75 Å². The zero-order chi connectivity index (χ0) is 16.9. The van der Waals surface area contributed by atoms with E-state index in [0.717, 1.165) is 37.1 Å². The van der Waals surface area contributed by atoms with Crippen molar-refractivity contribution in [2.24, 2.45) is 10.7 Å². The second kappa shape index (κ2) is 11.3. The third-order valence-corrected chi connectivity index (χ3v) is 3.24. The van der Waals surface area contributed by atoms with Crippen molar-refractivity contribution >= 4 is 17.6 Å². The largest absolute Gasteiger partial charge is 0.497 e. The van der Waals surface area contributed by atoms with Crippen molar-refractivity contribution in [1.29, 1.82) is 0 Å². The van der Waals surface area contributed by atoms with Crippen LogP contribution in [0.25, 0.3) is 0 Å². The molecule has 0 saturated carbocycles. The fraction of sp³-hybridized carbons (Fsp3) is 0.529. The lowest BCUT2D eigenvalue weighted by atomic mass is 10.1. The molecule has 0 heterocycles. The van der Waals surface area contributed by atoms with E-state index in [1.807, 2.05) is 31.2 Å². The van der Waals surface area contributed by atoms with Gasteiger partial charge in [-0.2, -0.15) is 0 Å². The SMILES string of the molecule is CCOC(=O)CCCCCCN=C(N)Nc1ccc(OC)cc1. The molecule has 0 fully saturated rings. The summed E-state index contributed by atoms with van der Waals surface area (Å²) in [4.78, 5) is 15.4. The number of guanidine groups is 1. The number of nitrogens with one attached hydrogen (secondary N) is 1. The summed E-state index contributed by atoms with van der Waals surface area (Å²) in [6.45, 7) is 2.95. The summed E-state index contributed by atoms with van der Waals surface area (Å²) >= 11 is 0. The van der Waals surface area contributed by atoms with Gasteiger partial charge in [0.05, 0.1) is 13.7 Å². The fourth-order valence-corrected chi connectivity index (χ4v) is 2.03. The molecule has 0 aliphatic carbocycles. The van der Waals surface area contributed by atoms with Crippen molar-refractivity contribution in [2.45, 2.75) is 39.0 Å². The van der Waals surface area contributed by atoms with Gasteiger partial charge in [0.15, 0.2) is 5.96 Å². The molecule has 1 rings (SSSR count). The Morgan fingerprint density at radius 3 is 2.52 bits per heavy atom. The van der Waals surface area contributed by atoms with Crippen LogP contribution in [0.2, 0.25) is 0 Å². The van der Waals surface area contributed by atoms with Crippen LogP contribution >= 0.6 is 0 Å². The average molecular weight is 321 g/mol. The van der Waals surface area contributed by atoms with Gasteiger partial charge in [-0.05, 0) is 44.0 Å². The maximum absolute atomic E-state index is 11.2. The average Bonchev–Trinajstić information content (AvgIpc) is 2.55. The van der Waals surface area contributed by atoms with E-state index in [4.69, 9.17) is 15.2 Å². The summed E-state index contributed by atoms with van der Waals surface area (Å²) in [6, 6.07) is 7.49. The van der Waals surface area contributed by atoms with Crippen LogP contribution in [-0.4, -0.2) is 32.2 Å². The minimum Gasteiger partial charge on any atom is -0.497 e. The van der Waals surface area contributed by atoms with E-state index in [0.29, 0.717) is 25.5 Å². The molecule has 1 aromatic rings. The highest BCUT2D eigenvalue weighted by Crippen LogP contribution is 2.14. The van der Waals surface area contributed by atoms with E-state index in [-0.39, 0.29) is 5.97 Å². The number of carbonyl (C=O) groups excluding carboxylic acids is 1. The molecule has 3 N–H and O–H groups in total. The molecular weight excluding hydrogens is 294 g/mol.